The zero-order valence-electron chi connectivity index (χ0n) is 22.5. The number of nitrogens with one attached hydrogen (secondary N) is 2. The zero-order valence-corrected chi connectivity index (χ0v) is 24.0. The largest absolute Gasteiger partial charge is 0.468 e. The SMILES string of the molecule is CCC1C[C@@H](S(=O)(=O)c2cc(C(=O)Nc3cc(F)c(F)c(F)c3)ccc2Cl)C[C@H](C)[C@@]1(O)CC(=O)NCC(=O)OC. The standard InChI is InChI=1S/C27H30ClF3N2O7S/c1-4-16-9-18(7-14(2)27(16,37)12-23(34)32-13-24(35)40-3)41(38,39)22-8-15(5-6-19(22)28)26(36)33-17-10-20(29)25(31)21(30)11-17/h5-6,8,10-11,14,16,18,37H,4,7,9,12-13H2,1-3H3,(H,32,34)(H,33,36)/t14-,16?,18-,27-/m0/s1. The number of methoxy groups -OCH3 is 1. The molecule has 1 saturated carbocycles. The predicted molar refractivity (Wildman–Crippen MR) is 143 cm³/mol. The van der Waals surface area contributed by atoms with Crippen molar-refractivity contribution in [3.63, 3.8) is 0 Å². The normalized spacial score (nSPS) is 22.6. The van der Waals surface area contributed by atoms with Crippen molar-refractivity contribution in [2.75, 3.05) is 19.0 Å². The van der Waals surface area contributed by atoms with Crippen LogP contribution in [0.2, 0.25) is 5.02 Å². The molecule has 0 bridgehead atoms. The number of carbonyl (C=O) groups excluding carboxylic acids is 3. The van der Waals surface area contributed by atoms with Gasteiger partial charge in [0.05, 0.1) is 34.3 Å². The highest BCUT2D eigenvalue weighted by atomic mass is 35.5. The van der Waals surface area contributed by atoms with Crippen molar-refractivity contribution < 1.29 is 45.8 Å². The number of halogens is 4. The number of ether oxygens (including phenoxy) is 1. The third kappa shape index (κ3) is 7.02. The minimum atomic E-state index is -4.17. The quantitative estimate of drug-likeness (QED) is 0.285. The maximum Gasteiger partial charge on any atom is 0.325 e. The van der Waals surface area contributed by atoms with E-state index in [1.165, 1.54) is 19.2 Å². The third-order valence-corrected chi connectivity index (χ3v) is 10.2. The first kappa shape index (κ1) is 32.4. The first-order chi connectivity index (χ1) is 19.1. The monoisotopic (exact) mass is 618 g/mol. The second-order valence-electron chi connectivity index (χ2n) is 10.0. The summed E-state index contributed by atoms with van der Waals surface area (Å²) in [5.41, 5.74) is -2.12. The Morgan fingerprint density at radius 1 is 1.12 bits per heavy atom. The van der Waals surface area contributed by atoms with Gasteiger partial charge in [-0.1, -0.05) is 31.9 Å². The number of hydrogen-bond acceptors (Lipinski definition) is 7. The number of hydrogen-bond donors (Lipinski definition) is 3. The van der Waals surface area contributed by atoms with E-state index < -0.39 is 67.8 Å². The molecule has 3 N–H and O–H groups in total. The van der Waals surface area contributed by atoms with Crippen molar-refractivity contribution in [3.8, 4) is 0 Å². The molecular weight excluding hydrogens is 589 g/mol. The summed E-state index contributed by atoms with van der Waals surface area (Å²) in [6.45, 7) is 3.01. The van der Waals surface area contributed by atoms with Crippen LogP contribution in [0.15, 0.2) is 35.2 Å². The number of benzene rings is 2. The minimum Gasteiger partial charge on any atom is -0.468 e. The Morgan fingerprint density at radius 3 is 2.34 bits per heavy atom. The van der Waals surface area contributed by atoms with Crippen LogP contribution in [0.5, 0.6) is 0 Å². The van der Waals surface area contributed by atoms with Gasteiger partial charge in [0.15, 0.2) is 27.3 Å². The van der Waals surface area contributed by atoms with Crippen LogP contribution in [0.4, 0.5) is 18.9 Å². The molecule has 0 saturated heterocycles. The molecule has 0 spiro atoms. The summed E-state index contributed by atoms with van der Waals surface area (Å²) in [5, 5.41) is 14.9. The topological polar surface area (TPSA) is 139 Å². The van der Waals surface area contributed by atoms with Crippen molar-refractivity contribution in [1.29, 1.82) is 0 Å². The number of esters is 1. The highest BCUT2D eigenvalue weighted by Gasteiger charge is 2.50. The fourth-order valence-corrected chi connectivity index (χ4v) is 7.60. The van der Waals surface area contributed by atoms with Gasteiger partial charge in [-0.15, -0.1) is 0 Å². The number of rotatable bonds is 9. The molecule has 3 rings (SSSR count). The molecule has 0 aliphatic heterocycles. The van der Waals surface area contributed by atoms with Crippen LogP contribution < -0.4 is 10.6 Å². The van der Waals surface area contributed by atoms with Gasteiger partial charge in [-0.05, 0) is 42.9 Å². The molecular formula is C27H30ClF3N2O7S. The summed E-state index contributed by atoms with van der Waals surface area (Å²) < 4.78 is 72.3. The summed E-state index contributed by atoms with van der Waals surface area (Å²) in [6, 6.07) is 4.61. The Kier molecular flexibility index (Phi) is 10.1. The van der Waals surface area contributed by atoms with Gasteiger partial charge >= 0.3 is 5.97 Å². The molecule has 4 atom stereocenters. The third-order valence-electron chi connectivity index (χ3n) is 7.50. The minimum absolute atomic E-state index is 0.00909. The van der Waals surface area contributed by atoms with Gasteiger partial charge in [-0.25, -0.2) is 21.6 Å². The predicted octanol–water partition coefficient (Wildman–Crippen LogP) is 4.02. The second-order valence-corrected chi connectivity index (χ2v) is 12.6. The number of aliphatic hydroxyl groups is 1. The molecule has 1 aliphatic carbocycles. The summed E-state index contributed by atoms with van der Waals surface area (Å²) >= 11 is 6.24. The number of anilines is 1. The fraction of sp³-hybridized carbons (Fsp3) is 0.444. The van der Waals surface area contributed by atoms with E-state index in [0.29, 0.717) is 18.6 Å². The van der Waals surface area contributed by atoms with Gasteiger partial charge in [-0.2, -0.15) is 0 Å². The molecule has 0 aromatic heterocycles. The molecule has 2 aromatic rings. The van der Waals surface area contributed by atoms with Crippen LogP contribution in [0, 0.1) is 29.3 Å². The lowest BCUT2D eigenvalue weighted by molar-refractivity contribution is -0.144. The molecule has 1 unspecified atom stereocenters. The molecule has 41 heavy (non-hydrogen) atoms. The molecule has 0 heterocycles. The fourth-order valence-electron chi connectivity index (χ4n) is 5.15. The van der Waals surface area contributed by atoms with Crippen LogP contribution in [0.3, 0.4) is 0 Å². The van der Waals surface area contributed by atoms with Crippen molar-refractivity contribution >= 4 is 44.9 Å². The first-order valence-electron chi connectivity index (χ1n) is 12.7. The lowest BCUT2D eigenvalue weighted by Gasteiger charge is -2.47. The maximum absolute atomic E-state index is 13.7. The average molecular weight is 619 g/mol. The van der Waals surface area contributed by atoms with Crippen LogP contribution in [-0.4, -0.2) is 55.8 Å². The van der Waals surface area contributed by atoms with E-state index >= 15 is 0 Å². The summed E-state index contributed by atoms with van der Waals surface area (Å²) in [4.78, 5) is 36.2. The van der Waals surface area contributed by atoms with E-state index in [2.05, 4.69) is 15.4 Å². The molecule has 1 aliphatic rings. The van der Waals surface area contributed by atoms with E-state index in [1.54, 1.807) is 13.8 Å². The van der Waals surface area contributed by atoms with Crippen molar-refractivity contribution in [3.05, 3.63) is 58.4 Å². The Labute approximate surface area is 240 Å². The van der Waals surface area contributed by atoms with Crippen molar-refractivity contribution in [2.24, 2.45) is 11.8 Å². The van der Waals surface area contributed by atoms with Gasteiger partial charge in [0.1, 0.15) is 6.54 Å². The molecule has 9 nitrogen and oxygen atoms in total. The highest BCUT2D eigenvalue weighted by molar-refractivity contribution is 7.92. The van der Waals surface area contributed by atoms with Crippen molar-refractivity contribution in [1.82, 2.24) is 5.32 Å². The van der Waals surface area contributed by atoms with E-state index in [4.69, 9.17) is 11.6 Å². The van der Waals surface area contributed by atoms with Gasteiger partial charge in [0.25, 0.3) is 5.91 Å². The van der Waals surface area contributed by atoms with E-state index in [-0.39, 0.29) is 47.0 Å². The smallest absolute Gasteiger partial charge is 0.325 e. The lowest BCUT2D eigenvalue weighted by Crippen LogP contribution is -2.54. The molecule has 224 valence electrons. The van der Waals surface area contributed by atoms with Gasteiger partial charge in [0, 0.05) is 23.4 Å². The molecule has 2 amide bonds. The zero-order chi connectivity index (χ0) is 30.7. The van der Waals surface area contributed by atoms with E-state index in [1.807, 2.05) is 0 Å². The van der Waals surface area contributed by atoms with Gasteiger partial charge in [0.2, 0.25) is 5.91 Å². The number of sulfone groups is 1. The summed E-state index contributed by atoms with van der Waals surface area (Å²) in [7, 11) is -3.01. The lowest BCUT2D eigenvalue weighted by atomic mass is 9.66. The Morgan fingerprint density at radius 2 is 1.76 bits per heavy atom. The average Bonchev–Trinajstić information content (AvgIpc) is 2.91. The Balaban J connectivity index is 1.83. The van der Waals surface area contributed by atoms with Crippen LogP contribution in [0.1, 0.15) is 49.9 Å². The van der Waals surface area contributed by atoms with Crippen LogP contribution in [0.25, 0.3) is 0 Å². The number of carbonyl (C=O) groups is 3. The van der Waals surface area contributed by atoms with Crippen LogP contribution in [-0.2, 0) is 24.2 Å². The maximum atomic E-state index is 13.7. The van der Waals surface area contributed by atoms with Gasteiger partial charge in [-0.3, -0.25) is 14.4 Å². The first-order valence-corrected chi connectivity index (χ1v) is 14.6. The van der Waals surface area contributed by atoms with Gasteiger partial charge < -0.3 is 20.5 Å². The highest BCUT2D eigenvalue weighted by Crippen LogP contribution is 2.46. The molecule has 1 fully saturated rings. The molecule has 14 heteroatoms. The molecule has 0 radical (unpaired) electrons. The summed E-state index contributed by atoms with van der Waals surface area (Å²) in [5.74, 6) is -8.17. The summed E-state index contributed by atoms with van der Waals surface area (Å²) in [6.07, 6.45) is -0.0408. The van der Waals surface area contributed by atoms with Crippen LogP contribution >= 0.6 is 11.6 Å². The Hall–Kier alpha value is -3.16. The second kappa shape index (κ2) is 12.8. The Bertz CT molecular complexity index is 1430. The molecule has 2 aromatic carbocycles. The van der Waals surface area contributed by atoms with E-state index in [9.17, 15) is 41.1 Å². The van der Waals surface area contributed by atoms with Crippen molar-refractivity contribution in [2.45, 2.75) is 55.3 Å². The number of amides is 2. The van der Waals surface area contributed by atoms with E-state index in [0.717, 1.165) is 6.07 Å².